The van der Waals surface area contributed by atoms with Crippen LogP contribution in [0.4, 0.5) is 0 Å². The molecule has 0 saturated carbocycles. The summed E-state index contributed by atoms with van der Waals surface area (Å²) in [4.78, 5) is 23.1. The van der Waals surface area contributed by atoms with E-state index in [1.54, 1.807) is 12.3 Å². The number of hydrogen-bond donors (Lipinski definition) is 2. The summed E-state index contributed by atoms with van der Waals surface area (Å²) < 4.78 is 6.37. The van der Waals surface area contributed by atoms with Crippen molar-refractivity contribution in [1.29, 1.82) is 0 Å². The highest BCUT2D eigenvalue weighted by Gasteiger charge is 2.13. The molecule has 102 valence electrons. The van der Waals surface area contributed by atoms with E-state index >= 15 is 0 Å². The van der Waals surface area contributed by atoms with Gasteiger partial charge >= 0.3 is 4.87 Å². The molecule has 1 atom stereocenters. The van der Waals surface area contributed by atoms with Gasteiger partial charge in [0.05, 0.1) is 12.6 Å². The van der Waals surface area contributed by atoms with Crippen molar-refractivity contribution in [2.24, 2.45) is 0 Å². The quantitative estimate of drug-likeness (QED) is 0.717. The van der Waals surface area contributed by atoms with Crippen LogP contribution in [0.5, 0.6) is 0 Å². The lowest BCUT2D eigenvalue weighted by Crippen LogP contribution is -2.41. The van der Waals surface area contributed by atoms with Crippen molar-refractivity contribution in [2.45, 2.75) is 25.9 Å². The Kier molecular flexibility index (Phi) is 6.03. The van der Waals surface area contributed by atoms with Crippen LogP contribution in [0.15, 0.2) is 10.2 Å². The summed E-state index contributed by atoms with van der Waals surface area (Å²) in [7, 11) is 1.53. The highest BCUT2D eigenvalue weighted by Crippen LogP contribution is 1.99. The summed E-state index contributed by atoms with van der Waals surface area (Å²) in [6, 6.07) is -0.234. The van der Waals surface area contributed by atoms with Crippen LogP contribution in [0.1, 0.15) is 12.1 Å². The number of methoxy groups -OCH3 is 1. The average Bonchev–Trinajstić information content (AvgIpc) is 2.61. The second-order valence-electron chi connectivity index (χ2n) is 3.96. The molecule has 7 heteroatoms. The molecular formula is C11H18N2O4S. The second-order valence-corrected chi connectivity index (χ2v) is 4.78. The van der Waals surface area contributed by atoms with Gasteiger partial charge in [-0.3, -0.25) is 14.2 Å². The fourth-order valence-corrected chi connectivity index (χ4v) is 2.30. The predicted octanol–water partition coefficient (Wildman–Crippen LogP) is -0.268. The molecule has 1 rings (SSSR count). The number of nitrogens with zero attached hydrogens (tertiary/aromatic N) is 1. The van der Waals surface area contributed by atoms with E-state index in [9.17, 15) is 9.59 Å². The van der Waals surface area contributed by atoms with Crippen LogP contribution in [0.3, 0.4) is 0 Å². The Labute approximate surface area is 109 Å². The number of aliphatic hydroxyl groups excluding tert-OH is 1. The number of hydrogen-bond acceptors (Lipinski definition) is 5. The average molecular weight is 274 g/mol. The molecule has 0 spiro atoms. The Balaban J connectivity index is 2.57. The van der Waals surface area contributed by atoms with Crippen LogP contribution < -0.4 is 10.2 Å². The fourth-order valence-electron chi connectivity index (χ4n) is 1.57. The van der Waals surface area contributed by atoms with Crippen LogP contribution in [0.25, 0.3) is 0 Å². The zero-order chi connectivity index (χ0) is 13.5. The zero-order valence-corrected chi connectivity index (χ0v) is 11.3. The Morgan fingerprint density at radius 2 is 2.39 bits per heavy atom. The molecule has 0 bridgehead atoms. The van der Waals surface area contributed by atoms with E-state index in [1.165, 1.54) is 11.7 Å². The molecule has 1 aromatic heterocycles. The smallest absolute Gasteiger partial charge is 0.307 e. The van der Waals surface area contributed by atoms with Crippen molar-refractivity contribution in [3.8, 4) is 0 Å². The zero-order valence-electron chi connectivity index (χ0n) is 10.5. The van der Waals surface area contributed by atoms with Gasteiger partial charge in [-0.25, -0.2) is 0 Å². The largest absolute Gasteiger partial charge is 0.396 e. The van der Waals surface area contributed by atoms with E-state index < -0.39 is 0 Å². The third kappa shape index (κ3) is 4.25. The first-order chi connectivity index (χ1) is 8.58. The van der Waals surface area contributed by atoms with E-state index in [-0.39, 0.29) is 30.0 Å². The maximum Gasteiger partial charge on any atom is 0.307 e. The fraction of sp³-hybridized carbons (Fsp3) is 0.636. The Morgan fingerprint density at radius 1 is 1.67 bits per heavy atom. The molecule has 0 radical (unpaired) electrons. The van der Waals surface area contributed by atoms with E-state index in [1.807, 2.05) is 0 Å². The summed E-state index contributed by atoms with van der Waals surface area (Å²) in [6.07, 6.45) is 0.428. The van der Waals surface area contributed by atoms with E-state index in [0.717, 1.165) is 17.0 Å². The first-order valence-corrected chi connectivity index (χ1v) is 6.50. The topological polar surface area (TPSA) is 80.6 Å². The van der Waals surface area contributed by atoms with Crippen LogP contribution >= 0.6 is 11.3 Å². The highest BCUT2D eigenvalue weighted by molar-refractivity contribution is 7.07. The minimum absolute atomic E-state index is 0.000189. The maximum atomic E-state index is 11.8. The van der Waals surface area contributed by atoms with Crippen molar-refractivity contribution in [1.82, 2.24) is 9.88 Å². The van der Waals surface area contributed by atoms with Crippen LogP contribution in [-0.2, 0) is 16.1 Å². The van der Waals surface area contributed by atoms with Crippen molar-refractivity contribution >= 4 is 17.2 Å². The van der Waals surface area contributed by atoms with Crippen LogP contribution in [0.2, 0.25) is 0 Å². The molecule has 0 aromatic carbocycles. The number of aryl methyl sites for hydroxylation is 1. The van der Waals surface area contributed by atoms with Gasteiger partial charge in [0.25, 0.3) is 0 Å². The number of aliphatic hydroxyl groups is 1. The van der Waals surface area contributed by atoms with Gasteiger partial charge in [0, 0.05) is 24.8 Å². The molecule has 0 fully saturated rings. The van der Waals surface area contributed by atoms with Gasteiger partial charge in [0.15, 0.2) is 0 Å². The Bertz CT molecular complexity index is 434. The minimum Gasteiger partial charge on any atom is -0.396 e. The lowest BCUT2D eigenvalue weighted by atomic mass is 10.2. The summed E-state index contributed by atoms with van der Waals surface area (Å²) in [5.41, 5.74) is 0.769. The van der Waals surface area contributed by atoms with Crippen LogP contribution in [-0.4, -0.2) is 41.9 Å². The molecule has 0 aliphatic heterocycles. The Hall–Kier alpha value is -1.18. The third-order valence-corrected chi connectivity index (χ3v) is 3.37. The lowest BCUT2D eigenvalue weighted by Gasteiger charge is -2.17. The first kappa shape index (κ1) is 14.9. The number of ether oxygens (including phenoxy) is 1. The molecule has 0 aliphatic carbocycles. The van der Waals surface area contributed by atoms with Crippen molar-refractivity contribution in [3.63, 3.8) is 0 Å². The van der Waals surface area contributed by atoms with Gasteiger partial charge in [-0.15, -0.1) is 0 Å². The van der Waals surface area contributed by atoms with Gasteiger partial charge in [-0.05, 0) is 13.3 Å². The first-order valence-electron chi connectivity index (χ1n) is 5.62. The number of thiazole rings is 1. The molecule has 1 unspecified atom stereocenters. The number of carbonyl (C=O) groups excluding carboxylic acids is 1. The summed E-state index contributed by atoms with van der Waals surface area (Å²) in [5.74, 6) is -0.255. The standard InChI is InChI=1S/C11H18N2O4S/c1-8-7-18-11(16)13(8)5-10(15)12-9(3-4-14)6-17-2/h7,9,14H,3-6H2,1-2H3,(H,12,15). The molecule has 0 aliphatic rings. The summed E-state index contributed by atoms with van der Waals surface area (Å²) in [5, 5.41) is 13.3. The number of aromatic nitrogens is 1. The van der Waals surface area contributed by atoms with Crippen molar-refractivity contribution in [3.05, 3.63) is 20.7 Å². The summed E-state index contributed by atoms with van der Waals surface area (Å²) in [6.45, 7) is 2.10. The number of nitrogens with one attached hydrogen (secondary N) is 1. The molecule has 6 nitrogen and oxygen atoms in total. The monoisotopic (exact) mass is 274 g/mol. The normalized spacial score (nSPS) is 12.4. The second kappa shape index (κ2) is 7.30. The van der Waals surface area contributed by atoms with Crippen molar-refractivity contribution in [2.75, 3.05) is 20.3 Å². The van der Waals surface area contributed by atoms with Gasteiger partial charge in [0.2, 0.25) is 5.91 Å². The lowest BCUT2D eigenvalue weighted by molar-refractivity contribution is -0.122. The number of amides is 1. The van der Waals surface area contributed by atoms with Gasteiger partial charge in [-0.1, -0.05) is 11.3 Å². The molecule has 2 N–H and O–H groups in total. The van der Waals surface area contributed by atoms with E-state index in [4.69, 9.17) is 9.84 Å². The van der Waals surface area contributed by atoms with Gasteiger partial charge in [0.1, 0.15) is 6.54 Å². The van der Waals surface area contributed by atoms with Crippen molar-refractivity contribution < 1.29 is 14.6 Å². The molecule has 1 amide bonds. The Morgan fingerprint density at radius 3 is 2.89 bits per heavy atom. The SMILES string of the molecule is COCC(CCO)NC(=O)Cn1c(C)csc1=O. The van der Waals surface area contributed by atoms with Gasteiger partial charge in [-0.2, -0.15) is 0 Å². The molecule has 18 heavy (non-hydrogen) atoms. The van der Waals surface area contributed by atoms with E-state index in [2.05, 4.69) is 5.32 Å². The highest BCUT2D eigenvalue weighted by atomic mass is 32.1. The minimum atomic E-state index is -0.255. The predicted molar refractivity (Wildman–Crippen MR) is 68.8 cm³/mol. The molecule has 1 aromatic rings. The maximum absolute atomic E-state index is 11.8. The van der Waals surface area contributed by atoms with E-state index in [0.29, 0.717) is 13.0 Å². The number of carbonyl (C=O) groups is 1. The third-order valence-electron chi connectivity index (χ3n) is 2.49. The van der Waals surface area contributed by atoms with Crippen LogP contribution in [0, 0.1) is 6.92 Å². The van der Waals surface area contributed by atoms with Gasteiger partial charge < -0.3 is 15.2 Å². The summed E-state index contributed by atoms with van der Waals surface area (Å²) >= 11 is 1.08. The molecule has 1 heterocycles. The number of rotatable bonds is 7. The molecule has 0 saturated heterocycles. The molecular weight excluding hydrogens is 256 g/mol.